The van der Waals surface area contributed by atoms with Crippen molar-refractivity contribution >= 4 is 31.0 Å². The van der Waals surface area contributed by atoms with E-state index >= 15 is 0 Å². The second kappa shape index (κ2) is 5.38. The van der Waals surface area contributed by atoms with Crippen LogP contribution in [0.2, 0.25) is 0 Å². The van der Waals surface area contributed by atoms with E-state index in [0.717, 1.165) is 10.5 Å². The minimum Gasteiger partial charge on any atom is -0.294 e. The van der Waals surface area contributed by atoms with Crippen LogP contribution in [0.5, 0.6) is 0 Å². The SMILES string of the molecule is O=C(Cc1ccncc1S)c1ccccc1S. The fourth-order valence-corrected chi connectivity index (χ4v) is 2.05. The molecule has 0 aliphatic heterocycles. The second-order valence-electron chi connectivity index (χ2n) is 3.62. The van der Waals surface area contributed by atoms with Gasteiger partial charge < -0.3 is 0 Å². The predicted molar refractivity (Wildman–Crippen MR) is 73.2 cm³/mol. The van der Waals surface area contributed by atoms with Crippen LogP contribution < -0.4 is 0 Å². The molecule has 1 aromatic carbocycles. The minimum absolute atomic E-state index is 0.0390. The molecule has 86 valence electrons. The summed E-state index contributed by atoms with van der Waals surface area (Å²) in [6, 6.07) is 9.09. The summed E-state index contributed by atoms with van der Waals surface area (Å²) in [5, 5.41) is 0. The number of carbonyl (C=O) groups excluding carboxylic acids is 1. The molecule has 2 nitrogen and oxygen atoms in total. The Morgan fingerprint density at radius 2 is 1.88 bits per heavy atom. The van der Waals surface area contributed by atoms with Gasteiger partial charge in [0, 0.05) is 34.2 Å². The van der Waals surface area contributed by atoms with Crippen LogP contribution in [0, 0.1) is 0 Å². The molecule has 4 heteroatoms. The van der Waals surface area contributed by atoms with E-state index in [1.807, 2.05) is 18.2 Å². The quantitative estimate of drug-likeness (QED) is 0.657. The van der Waals surface area contributed by atoms with Crippen molar-refractivity contribution < 1.29 is 4.79 Å². The average Bonchev–Trinajstić information content (AvgIpc) is 2.32. The van der Waals surface area contributed by atoms with Crippen LogP contribution in [-0.4, -0.2) is 10.8 Å². The molecule has 0 aliphatic rings. The largest absolute Gasteiger partial charge is 0.294 e. The zero-order valence-corrected chi connectivity index (χ0v) is 10.8. The van der Waals surface area contributed by atoms with Gasteiger partial charge in [-0.1, -0.05) is 18.2 Å². The lowest BCUT2D eigenvalue weighted by Gasteiger charge is -2.05. The molecule has 2 rings (SSSR count). The van der Waals surface area contributed by atoms with Gasteiger partial charge in [0.2, 0.25) is 0 Å². The summed E-state index contributed by atoms with van der Waals surface area (Å²) in [5.74, 6) is 0.0390. The first-order chi connectivity index (χ1) is 8.18. The Balaban J connectivity index is 2.24. The maximum absolute atomic E-state index is 12.1. The number of aromatic nitrogens is 1. The van der Waals surface area contributed by atoms with Gasteiger partial charge >= 0.3 is 0 Å². The summed E-state index contributed by atoms with van der Waals surface area (Å²) in [5.41, 5.74) is 1.52. The Hall–Kier alpha value is -1.26. The maximum atomic E-state index is 12.1. The monoisotopic (exact) mass is 261 g/mol. The number of benzene rings is 1. The van der Waals surface area contributed by atoms with E-state index in [4.69, 9.17) is 0 Å². The third-order valence-corrected chi connectivity index (χ3v) is 3.24. The molecule has 0 aliphatic carbocycles. The number of thiol groups is 2. The number of carbonyl (C=O) groups is 1. The molecular formula is C13H11NOS2. The molecule has 0 spiro atoms. The number of nitrogens with zero attached hydrogens (tertiary/aromatic N) is 1. The molecule has 0 saturated carbocycles. The summed E-state index contributed by atoms with van der Waals surface area (Å²) in [4.78, 5) is 17.5. The van der Waals surface area contributed by atoms with E-state index < -0.39 is 0 Å². The number of Topliss-reactive ketones (excluding diaryl/α,β-unsaturated/α-hetero) is 1. The van der Waals surface area contributed by atoms with E-state index in [-0.39, 0.29) is 5.78 Å². The van der Waals surface area contributed by atoms with Crippen molar-refractivity contribution in [3.63, 3.8) is 0 Å². The smallest absolute Gasteiger partial charge is 0.168 e. The zero-order chi connectivity index (χ0) is 12.3. The molecule has 1 aromatic heterocycles. The lowest BCUT2D eigenvalue weighted by molar-refractivity contribution is 0.0989. The molecule has 0 unspecified atom stereocenters. The van der Waals surface area contributed by atoms with E-state index in [9.17, 15) is 4.79 Å². The van der Waals surface area contributed by atoms with Gasteiger partial charge in [-0.25, -0.2) is 0 Å². The summed E-state index contributed by atoms with van der Waals surface area (Å²) < 4.78 is 0. The van der Waals surface area contributed by atoms with Crippen LogP contribution in [0.3, 0.4) is 0 Å². The van der Waals surface area contributed by atoms with Crippen LogP contribution in [0.1, 0.15) is 15.9 Å². The van der Waals surface area contributed by atoms with E-state index in [1.165, 1.54) is 0 Å². The van der Waals surface area contributed by atoms with Crippen LogP contribution in [-0.2, 0) is 6.42 Å². The Kier molecular flexibility index (Phi) is 3.86. The van der Waals surface area contributed by atoms with Gasteiger partial charge in [-0.2, -0.15) is 0 Å². The highest BCUT2D eigenvalue weighted by Gasteiger charge is 2.11. The normalized spacial score (nSPS) is 10.2. The van der Waals surface area contributed by atoms with Crippen LogP contribution in [0.25, 0.3) is 0 Å². The van der Waals surface area contributed by atoms with Crippen molar-refractivity contribution in [3.8, 4) is 0 Å². The molecule has 0 amide bonds. The molecular weight excluding hydrogens is 250 g/mol. The maximum Gasteiger partial charge on any atom is 0.168 e. The van der Waals surface area contributed by atoms with Gasteiger partial charge in [0.1, 0.15) is 0 Å². The van der Waals surface area contributed by atoms with E-state index in [2.05, 4.69) is 30.2 Å². The van der Waals surface area contributed by atoms with Crippen molar-refractivity contribution in [2.75, 3.05) is 0 Å². The standard InChI is InChI=1S/C13H11NOS2/c15-11(10-3-1-2-4-12(10)16)7-9-5-6-14-8-13(9)17/h1-6,8,16-17H,7H2. The molecule has 0 bridgehead atoms. The highest BCUT2D eigenvalue weighted by Crippen LogP contribution is 2.18. The number of pyridine rings is 1. The molecule has 0 fully saturated rings. The summed E-state index contributed by atoms with van der Waals surface area (Å²) >= 11 is 8.55. The van der Waals surface area contributed by atoms with Gasteiger partial charge in [0.15, 0.2) is 5.78 Å². The van der Waals surface area contributed by atoms with Gasteiger partial charge in [-0.15, -0.1) is 25.3 Å². The molecule has 1 heterocycles. The number of hydrogen-bond donors (Lipinski definition) is 2. The minimum atomic E-state index is 0.0390. The summed E-state index contributed by atoms with van der Waals surface area (Å²) in [6.45, 7) is 0. The van der Waals surface area contributed by atoms with Crippen molar-refractivity contribution in [1.29, 1.82) is 0 Å². The van der Waals surface area contributed by atoms with Crippen molar-refractivity contribution in [3.05, 3.63) is 53.9 Å². The first-order valence-electron chi connectivity index (χ1n) is 5.11. The first-order valence-corrected chi connectivity index (χ1v) is 6.01. The van der Waals surface area contributed by atoms with Crippen LogP contribution in [0.15, 0.2) is 52.5 Å². The predicted octanol–water partition coefficient (Wildman–Crippen LogP) is 3.08. The Morgan fingerprint density at radius 1 is 1.12 bits per heavy atom. The molecule has 2 aromatic rings. The van der Waals surface area contributed by atoms with Crippen LogP contribution >= 0.6 is 25.3 Å². The molecule has 0 atom stereocenters. The van der Waals surface area contributed by atoms with E-state index in [1.54, 1.807) is 24.5 Å². The summed E-state index contributed by atoms with van der Waals surface area (Å²) in [6.07, 6.45) is 3.62. The molecule has 0 N–H and O–H groups in total. The van der Waals surface area contributed by atoms with E-state index in [0.29, 0.717) is 16.9 Å². The Labute approximate surface area is 111 Å². The van der Waals surface area contributed by atoms with Gasteiger partial charge in [0.05, 0.1) is 0 Å². The van der Waals surface area contributed by atoms with Gasteiger partial charge in [-0.05, 0) is 17.7 Å². The molecule has 0 radical (unpaired) electrons. The zero-order valence-electron chi connectivity index (χ0n) is 9.00. The fourth-order valence-electron chi connectivity index (χ4n) is 1.54. The van der Waals surface area contributed by atoms with Gasteiger partial charge in [0.25, 0.3) is 0 Å². The van der Waals surface area contributed by atoms with Crippen molar-refractivity contribution in [2.24, 2.45) is 0 Å². The average molecular weight is 261 g/mol. The number of ketones is 1. The number of rotatable bonds is 3. The highest BCUT2D eigenvalue weighted by molar-refractivity contribution is 7.80. The van der Waals surface area contributed by atoms with Crippen molar-refractivity contribution in [2.45, 2.75) is 16.2 Å². The molecule has 17 heavy (non-hydrogen) atoms. The third-order valence-electron chi connectivity index (χ3n) is 2.44. The Morgan fingerprint density at radius 3 is 2.59 bits per heavy atom. The third kappa shape index (κ3) is 2.90. The topological polar surface area (TPSA) is 30.0 Å². The second-order valence-corrected chi connectivity index (χ2v) is 4.59. The summed E-state index contributed by atoms with van der Waals surface area (Å²) in [7, 11) is 0. The fraction of sp³-hybridized carbons (Fsp3) is 0.0769. The number of hydrogen-bond acceptors (Lipinski definition) is 4. The Bertz CT molecular complexity index is 555. The first kappa shape index (κ1) is 12.2. The lowest BCUT2D eigenvalue weighted by Crippen LogP contribution is -2.05. The van der Waals surface area contributed by atoms with Crippen molar-refractivity contribution in [1.82, 2.24) is 4.98 Å². The molecule has 0 saturated heterocycles. The van der Waals surface area contributed by atoms with Gasteiger partial charge in [-0.3, -0.25) is 9.78 Å². The van der Waals surface area contributed by atoms with Crippen LogP contribution in [0.4, 0.5) is 0 Å². The lowest BCUT2D eigenvalue weighted by atomic mass is 10.0. The highest BCUT2D eigenvalue weighted by atomic mass is 32.1.